The molecule has 1 aromatic heterocycles. The zero-order chi connectivity index (χ0) is 19.5. The summed E-state index contributed by atoms with van der Waals surface area (Å²) in [6, 6.07) is 16.7. The number of hydrogen-bond donors (Lipinski definition) is 1. The minimum atomic E-state index is -0.122. The minimum absolute atomic E-state index is 0.122. The van der Waals surface area contributed by atoms with Gasteiger partial charge >= 0.3 is 0 Å². The molecule has 4 rings (SSSR count). The van der Waals surface area contributed by atoms with Crippen LogP contribution in [0.25, 0.3) is 0 Å². The van der Waals surface area contributed by atoms with Gasteiger partial charge in [0.1, 0.15) is 17.4 Å². The molecule has 1 amide bonds. The van der Waals surface area contributed by atoms with Gasteiger partial charge in [0, 0.05) is 17.4 Å². The highest BCUT2D eigenvalue weighted by Crippen LogP contribution is 2.28. The average molecular weight is 369 g/mol. The molecule has 0 spiro atoms. The zero-order valence-electron chi connectivity index (χ0n) is 15.5. The fourth-order valence-electron chi connectivity index (χ4n) is 3.42. The maximum atomic E-state index is 12.6. The van der Waals surface area contributed by atoms with Crippen LogP contribution >= 0.6 is 0 Å². The molecule has 0 radical (unpaired) electrons. The second-order valence-corrected chi connectivity index (χ2v) is 6.84. The van der Waals surface area contributed by atoms with E-state index in [-0.39, 0.29) is 11.8 Å². The van der Waals surface area contributed by atoms with Crippen molar-refractivity contribution in [2.45, 2.75) is 26.2 Å². The first kappa shape index (κ1) is 17.7. The number of carbonyl (C=O) groups excluding carboxylic acids is 1. The van der Waals surface area contributed by atoms with Crippen molar-refractivity contribution < 1.29 is 9.53 Å². The van der Waals surface area contributed by atoms with Gasteiger partial charge in [0.05, 0.1) is 0 Å². The second-order valence-electron chi connectivity index (χ2n) is 6.84. The molecular formula is C23H19N3O2. The van der Waals surface area contributed by atoms with Crippen molar-refractivity contribution in [3.8, 4) is 17.7 Å². The van der Waals surface area contributed by atoms with Crippen LogP contribution in [-0.2, 0) is 12.8 Å². The Morgan fingerprint density at radius 3 is 2.82 bits per heavy atom. The summed E-state index contributed by atoms with van der Waals surface area (Å²) < 4.78 is 5.73. The van der Waals surface area contributed by atoms with Crippen LogP contribution in [0.15, 0.2) is 54.7 Å². The molecular weight excluding hydrogens is 350 g/mol. The number of carbonyl (C=O) groups is 1. The zero-order valence-corrected chi connectivity index (χ0v) is 15.5. The van der Waals surface area contributed by atoms with E-state index in [0.29, 0.717) is 16.9 Å². The van der Waals surface area contributed by atoms with E-state index in [9.17, 15) is 4.79 Å². The lowest BCUT2D eigenvalue weighted by Gasteiger charge is -2.12. The van der Waals surface area contributed by atoms with Crippen LogP contribution < -0.4 is 10.1 Å². The molecule has 138 valence electrons. The standard InChI is InChI=1S/C23H19N3O2/c1-15-12-20(28-23-19(14-24)6-3-11-25-23)9-10-21(15)26-22(27)18-8-7-16-4-2-5-17(16)13-18/h3,6-13H,2,4-5H2,1H3,(H,26,27). The largest absolute Gasteiger partial charge is 0.438 e. The Morgan fingerprint density at radius 1 is 1.14 bits per heavy atom. The topological polar surface area (TPSA) is 75.0 Å². The Balaban J connectivity index is 1.50. The van der Waals surface area contributed by atoms with Crippen molar-refractivity contribution >= 4 is 11.6 Å². The number of nitrogens with one attached hydrogen (secondary N) is 1. The number of amides is 1. The molecule has 5 nitrogen and oxygen atoms in total. The summed E-state index contributed by atoms with van der Waals surface area (Å²) in [6.45, 7) is 1.90. The number of anilines is 1. The van der Waals surface area contributed by atoms with Gasteiger partial charge in [0.2, 0.25) is 5.88 Å². The maximum absolute atomic E-state index is 12.6. The van der Waals surface area contributed by atoms with Gasteiger partial charge < -0.3 is 10.1 Å². The van der Waals surface area contributed by atoms with Crippen LogP contribution in [-0.4, -0.2) is 10.9 Å². The Kier molecular flexibility index (Phi) is 4.77. The Hall–Kier alpha value is -3.65. The lowest BCUT2D eigenvalue weighted by atomic mass is 10.1. The monoisotopic (exact) mass is 369 g/mol. The number of nitrogens with zero attached hydrogens (tertiary/aromatic N) is 2. The highest BCUT2D eigenvalue weighted by molar-refractivity contribution is 6.04. The van der Waals surface area contributed by atoms with Crippen molar-refractivity contribution in [2.24, 2.45) is 0 Å². The third kappa shape index (κ3) is 3.58. The molecule has 3 aromatic rings. The summed E-state index contributed by atoms with van der Waals surface area (Å²) in [4.78, 5) is 16.7. The fraction of sp³-hybridized carbons (Fsp3) is 0.174. The van der Waals surface area contributed by atoms with Crippen LogP contribution in [0.3, 0.4) is 0 Å². The number of aromatic nitrogens is 1. The predicted molar refractivity (Wildman–Crippen MR) is 107 cm³/mol. The lowest BCUT2D eigenvalue weighted by molar-refractivity contribution is 0.102. The number of rotatable bonds is 4. The molecule has 0 saturated heterocycles. The highest BCUT2D eigenvalue weighted by Gasteiger charge is 2.15. The third-order valence-electron chi connectivity index (χ3n) is 4.91. The predicted octanol–water partition coefficient (Wildman–Crippen LogP) is 4.80. The van der Waals surface area contributed by atoms with Gasteiger partial charge in [-0.05, 0) is 85.3 Å². The lowest BCUT2D eigenvalue weighted by Crippen LogP contribution is -2.13. The molecule has 0 fully saturated rings. The summed E-state index contributed by atoms with van der Waals surface area (Å²) in [5.41, 5.74) is 5.25. The summed E-state index contributed by atoms with van der Waals surface area (Å²) in [6.07, 6.45) is 4.88. The van der Waals surface area contributed by atoms with Gasteiger partial charge in [-0.15, -0.1) is 0 Å². The molecule has 28 heavy (non-hydrogen) atoms. The normalized spacial score (nSPS) is 12.1. The summed E-state index contributed by atoms with van der Waals surface area (Å²) >= 11 is 0. The maximum Gasteiger partial charge on any atom is 0.255 e. The number of ether oxygens (including phenoxy) is 1. The molecule has 0 atom stereocenters. The number of nitriles is 1. The van der Waals surface area contributed by atoms with Gasteiger partial charge in [-0.2, -0.15) is 5.26 Å². The quantitative estimate of drug-likeness (QED) is 0.717. The van der Waals surface area contributed by atoms with Gasteiger partial charge in [-0.25, -0.2) is 4.98 Å². The average Bonchev–Trinajstić information content (AvgIpc) is 3.18. The molecule has 0 saturated carbocycles. The first-order valence-corrected chi connectivity index (χ1v) is 9.21. The molecule has 1 heterocycles. The first-order valence-electron chi connectivity index (χ1n) is 9.21. The van der Waals surface area contributed by atoms with Gasteiger partial charge in [-0.3, -0.25) is 4.79 Å². The third-order valence-corrected chi connectivity index (χ3v) is 4.91. The van der Waals surface area contributed by atoms with E-state index in [1.807, 2.05) is 25.1 Å². The van der Waals surface area contributed by atoms with Crippen LogP contribution in [0, 0.1) is 18.3 Å². The highest BCUT2D eigenvalue weighted by atomic mass is 16.5. The van der Waals surface area contributed by atoms with E-state index in [0.717, 1.165) is 30.5 Å². The van der Waals surface area contributed by atoms with E-state index in [1.54, 1.807) is 30.5 Å². The van der Waals surface area contributed by atoms with Crippen LogP contribution in [0.2, 0.25) is 0 Å². The Bertz CT molecular complexity index is 1100. The van der Waals surface area contributed by atoms with Crippen molar-refractivity contribution in [2.75, 3.05) is 5.32 Å². The van der Waals surface area contributed by atoms with Gasteiger partial charge in [0.15, 0.2) is 0 Å². The summed E-state index contributed by atoms with van der Waals surface area (Å²) in [7, 11) is 0. The number of aryl methyl sites for hydroxylation is 3. The second kappa shape index (κ2) is 7.53. The van der Waals surface area contributed by atoms with Crippen molar-refractivity contribution in [1.82, 2.24) is 4.98 Å². The summed E-state index contributed by atoms with van der Waals surface area (Å²) in [5.74, 6) is 0.700. The van der Waals surface area contributed by atoms with Crippen LogP contribution in [0.1, 0.15) is 39.0 Å². The molecule has 2 aromatic carbocycles. The molecule has 0 aliphatic heterocycles. The van der Waals surface area contributed by atoms with Gasteiger partial charge in [-0.1, -0.05) is 6.07 Å². The van der Waals surface area contributed by atoms with Crippen molar-refractivity contribution in [3.05, 3.63) is 82.5 Å². The van der Waals surface area contributed by atoms with E-state index < -0.39 is 0 Å². The van der Waals surface area contributed by atoms with Crippen molar-refractivity contribution in [3.63, 3.8) is 0 Å². The SMILES string of the molecule is Cc1cc(Oc2ncccc2C#N)ccc1NC(=O)c1ccc2c(c1)CCC2. The summed E-state index contributed by atoms with van der Waals surface area (Å²) in [5, 5.41) is 12.1. The number of pyridine rings is 1. The molecule has 1 aliphatic rings. The molecule has 0 unspecified atom stereocenters. The van der Waals surface area contributed by atoms with E-state index >= 15 is 0 Å². The Morgan fingerprint density at radius 2 is 2.00 bits per heavy atom. The minimum Gasteiger partial charge on any atom is -0.438 e. The molecule has 0 bridgehead atoms. The molecule has 5 heteroatoms. The fourth-order valence-corrected chi connectivity index (χ4v) is 3.42. The van der Waals surface area contributed by atoms with E-state index in [4.69, 9.17) is 10.00 Å². The molecule has 1 aliphatic carbocycles. The smallest absolute Gasteiger partial charge is 0.255 e. The number of hydrogen-bond acceptors (Lipinski definition) is 4. The van der Waals surface area contributed by atoms with Crippen molar-refractivity contribution in [1.29, 1.82) is 5.26 Å². The van der Waals surface area contributed by atoms with Crippen LogP contribution in [0.5, 0.6) is 11.6 Å². The number of fused-ring (bicyclic) bond motifs is 1. The van der Waals surface area contributed by atoms with E-state index in [2.05, 4.69) is 22.4 Å². The van der Waals surface area contributed by atoms with E-state index in [1.165, 1.54) is 11.1 Å². The number of benzene rings is 2. The van der Waals surface area contributed by atoms with Gasteiger partial charge in [0.25, 0.3) is 5.91 Å². The van der Waals surface area contributed by atoms with Crippen LogP contribution in [0.4, 0.5) is 5.69 Å². The first-order chi connectivity index (χ1) is 13.6. The Labute approximate surface area is 163 Å². The molecule has 1 N–H and O–H groups in total.